The van der Waals surface area contributed by atoms with Gasteiger partial charge in [0.2, 0.25) is 5.82 Å². The molecule has 0 bridgehead atoms. The van der Waals surface area contributed by atoms with E-state index in [-0.39, 0.29) is 12.3 Å². The number of piperazine rings is 1. The lowest BCUT2D eigenvalue weighted by atomic mass is 10.1. The first-order valence-corrected chi connectivity index (χ1v) is 6.63. The number of para-hydroxylation sites is 1. The van der Waals surface area contributed by atoms with E-state index in [4.69, 9.17) is 4.74 Å². The number of rotatable bonds is 4. The van der Waals surface area contributed by atoms with Gasteiger partial charge in [-0.05, 0) is 19.1 Å². The van der Waals surface area contributed by atoms with E-state index in [1.54, 1.807) is 6.92 Å². The highest BCUT2D eigenvalue weighted by atomic mass is 19.1. The molecule has 2 rings (SSSR count). The smallest absolute Gasteiger partial charge is 0.330 e. The largest absolute Gasteiger partial charge is 0.464 e. The first-order chi connectivity index (χ1) is 10.1. The number of benzene rings is 1. The van der Waals surface area contributed by atoms with E-state index in [2.05, 4.69) is 5.32 Å². The number of hydrogen-bond donors (Lipinski definition) is 1. The Morgan fingerprint density at radius 1 is 1.62 bits per heavy atom. The minimum atomic E-state index is -0.918. The van der Waals surface area contributed by atoms with Gasteiger partial charge in [-0.3, -0.25) is 10.1 Å². The van der Waals surface area contributed by atoms with Crippen LogP contribution < -0.4 is 10.2 Å². The van der Waals surface area contributed by atoms with Crippen LogP contribution in [0.15, 0.2) is 18.2 Å². The van der Waals surface area contributed by atoms with Crippen molar-refractivity contribution in [2.45, 2.75) is 13.0 Å². The summed E-state index contributed by atoms with van der Waals surface area (Å²) in [4.78, 5) is 23.8. The molecule has 114 valence electrons. The molecule has 1 aliphatic heterocycles. The fraction of sp³-hybridized carbons (Fsp3) is 0.462. The molecule has 1 heterocycles. The third kappa shape index (κ3) is 3.10. The molecule has 1 aromatic carbocycles. The monoisotopic (exact) mass is 297 g/mol. The van der Waals surface area contributed by atoms with Gasteiger partial charge in [0.15, 0.2) is 0 Å². The Bertz CT molecular complexity index is 552. The number of nitrogens with zero attached hydrogens (tertiary/aromatic N) is 2. The number of carbonyl (C=O) groups is 1. The average Bonchev–Trinajstić information content (AvgIpc) is 2.47. The van der Waals surface area contributed by atoms with Crippen molar-refractivity contribution in [3.63, 3.8) is 0 Å². The molecular weight excluding hydrogens is 281 g/mol. The van der Waals surface area contributed by atoms with Gasteiger partial charge in [-0.2, -0.15) is 4.39 Å². The molecule has 0 radical (unpaired) electrons. The first-order valence-electron chi connectivity index (χ1n) is 6.63. The minimum Gasteiger partial charge on any atom is -0.464 e. The zero-order valence-corrected chi connectivity index (χ0v) is 11.5. The Kier molecular flexibility index (Phi) is 4.69. The molecule has 1 atom stereocenters. The lowest BCUT2D eigenvalue weighted by molar-refractivity contribution is -0.386. The van der Waals surface area contributed by atoms with Crippen LogP contribution in [0.1, 0.15) is 6.92 Å². The van der Waals surface area contributed by atoms with E-state index in [1.807, 2.05) is 0 Å². The molecule has 8 heteroatoms. The third-order valence-corrected chi connectivity index (χ3v) is 3.26. The summed E-state index contributed by atoms with van der Waals surface area (Å²) in [5.74, 6) is -1.40. The van der Waals surface area contributed by atoms with Crippen LogP contribution in [-0.4, -0.2) is 43.2 Å². The topological polar surface area (TPSA) is 84.7 Å². The maximum atomic E-state index is 13.7. The quantitative estimate of drug-likeness (QED) is 0.508. The number of esters is 1. The number of anilines is 1. The van der Waals surface area contributed by atoms with Crippen molar-refractivity contribution in [1.82, 2.24) is 5.32 Å². The predicted octanol–water partition coefficient (Wildman–Crippen LogP) is 1.08. The van der Waals surface area contributed by atoms with Crippen molar-refractivity contribution in [1.29, 1.82) is 0 Å². The van der Waals surface area contributed by atoms with Crippen LogP contribution in [0.25, 0.3) is 0 Å². The highest BCUT2D eigenvalue weighted by Crippen LogP contribution is 2.32. The Balaban J connectivity index is 2.40. The Labute approximate surface area is 120 Å². The van der Waals surface area contributed by atoms with Gasteiger partial charge >= 0.3 is 11.7 Å². The fourth-order valence-corrected chi connectivity index (χ4v) is 2.36. The van der Waals surface area contributed by atoms with Crippen LogP contribution in [0.4, 0.5) is 15.8 Å². The molecule has 21 heavy (non-hydrogen) atoms. The van der Waals surface area contributed by atoms with E-state index >= 15 is 0 Å². The highest BCUT2D eigenvalue weighted by Gasteiger charge is 2.34. The second-order valence-corrected chi connectivity index (χ2v) is 4.53. The van der Waals surface area contributed by atoms with E-state index in [0.717, 1.165) is 6.07 Å². The summed E-state index contributed by atoms with van der Waals surface area (Å²) in [6.07, 6.45) is 0. The van der Waals surface area contributed by atoms with E-state index in [1.165, 1.54) is 17.0 Å². The van der Waals surface area contributed by atoms with Gasteiger partial charge in [0.1, 0.15) is 11.7 Å². The van der Waals surface area contributed by atoms with Crippen LogP contribution >= 0.6 is 0 Å². The summed E-state index contributed by atoms with van der Waals surface area (Å²) in [6, 6.07) is 3.16. The van der Waals surface area contributed by atoms with Crippen molar-refractivity contribution >= 4 is 17.3 Å². The molecule has 0 saturated carbocycles. The van der Waals surface area contributed by atoms with Crippen molar-refractivity contribution in [2.24, 2.45) is 0 Å². The molecular formula is C13H16FN3O4. The van der Waals surface area contributed by atoms with Gasteiger partial charge < -0.3 is 15.0 Å². The van der Waals surface area contributed by atoms with E-state index in [0.29, 0.717) is 19.6 Å². The zero-order chi connectivity index (χ0) is 15.4. The summed E-state index contributed by atoms with van der Waals surface area (Å²) in [7, 11) is 0. The number of nitro groups is 1. The first kappa shape index (κ1) is 15.2. The molecule has 0 amide bonds. The summed E-state index contributed by atoms with van der Waals surface area (Å²) < 4.78 is 18.7. The summed E-state index contributed by atoms with van der Waals surface area (Å²) >= 11 is 0. The normalized spacial score (nSPS) is 18.4. The van der Waals surface area contributed by atoms with Crippen LogP contribution in [0.3, 0.4) is 0 Å². The number of halogens is 1. The van der Waals surface area contributed by atoms with Crippen molar-refractivity contribution in [3.05, 3.63) is 34.1 Å². The second kappa shape index (κ2) is 6.49. The lowest BCUT2D eigenvalue weighted by Gasteiger charge is -2.35. The van der Waals surface area contributed by atoms with Crippen molar-refractivity contribution in [3.8, 4) is 0 Å². The summed E-state index contributed by atoms with van der Waals surface area (Å²) in [6.45, 7) is 3.10. The number of hydrogen-bond acceptors (Lipinski definition) is 6. The molecule has 1 N–H and O–H groups in total. The molecule has 1 fully saturated rings. The van der Waals surface area contributed by atoms with Gasteiger partial charge in [-0.15, -0.1) is 0 Å². The van der Waals surface area contributed by atoms with Crippen molar-refractivity contribution < 1.29 is 18.8 Å². The van der Waals surface area contributed by atoms with Gasteiger partial charge in [-0.1, -0.05) is 6.07 Å². The predicted molar refractivity (Wildman–Crippen MR) is 73.7 cm³/mol. The van der Waals surface area contributed by atoms with Crippen LogP contribution in [0.5, 0.6) is 0 Å². The fourth-order valence-electron chi connectivity index (χ4n) is 2.36. The maximum absolute atomic E-state index is 13.7. The molecule has 1 saturated heterocycles. The van der Waals surface area contributed by atoms with Gasteiger partial charge in [0.25, 0.3) is 0 Å². The van der Waals surface area contributed by atoms with Crippen LogP contribution in [-0.2, 0) is 9.53 Å². The average molecular weight is 297 g/mol. The SMILES string of the molecule is CCOC(=O)C1CNCCN1c1cccc(F)c1[N+](=O)[O-]. The number of nitro benzene ring substituents is 1. The molecule has 0 aromatic heterocycles. The molecule has 0 spiro atoms. The third-order valence-electron chi connectivity index (χ3n) is 3.26. The highest BCUT2D eigenvalue weighted by molar-refractivity contribution is 5.82. The molecule has 7 nitrogen and oxygen atoms in total. The van der Waals surface area contributed by atoms with Crippen LogP contribution in [0, 0.1) is 15.9 Å². The summed E-state index contributed by atoms with van der Waals surface area (Å²) in [5.41, 5.74) is -0.520. The number of ether oxygens (including phenoxy) is 1. The van der Waals surface area contributed by atoms with Gasteiger partial charge in [-0.25, -0.2) is 4.79 Å². The number of carbonyl (C=O) groups excluding carboxylic acids is 1. The van der Waals surface area contributed by atoms with Crippen molar-refractivity contribution in [2.75, 3.05) is 31.1 Å². The van der Waals surface area contributed by atoms with Gasteiger partial charge in [0.05, 0.1) is 11.5 Å². The molecule has 1 unspecified atom stereocenters. The van der Waals surface area contributed by atoms with Crippen LogP contribution in [0.2, 0.25) is 0 Å². The maximum Gasteiger partial charge on any atom is 0.330 e. The Morgan fingerprint density at radius 3 is 3.05 bits per heavy atom. The summed E-state index contributed by atoms with van der Waals surface area (Å²) in [5, 5.41) is 14.1. The lowest BCUT2D eigenvalue weighted by Crippen LogP contribution is -2.55. The zero-order valence-electron chi connectivity index (χ0n) is 11.5. The minimum absolute atomic E-state index is 0.0968. The second-order valence-electron chi connectivity index (χ2n) is 4.53. The van der Waals surface area contributed by atoms with Gasteiger partial charge in [0, 0.05) is 19.6 Å². The molecule has 0 aliphatic carbocycles. The molecule has 1 aliphatic rings. The Morgan fingerprint density at radius 2 is 2.38 bits per heavy atom. The Hall–Kier alpha value is -2.22. The standard InChI is InChI=1S/C13H16FN3O4/c1-2-21-13(18)11-8-15-6-7-16(11)10-5-3-4-9(14)12(10)17(19)20/h3-5,11,15H,2,6-8H2,1H3. The molecule has 1 aromatic rings. The van der Waals surface area contributed by atoms with E-state index < -0.39 is 28.4 Å². The van der Waals surface area contributed by atoms with E-state index in [9.17, 15) is 19.3 Å². The number of nitrogens with one attached hydrogen (secondary N) is 1.